The van der Waals surface area contributed by atoms with Crippen LogP contribution < -0.4 is 15.1 Å². The summed E-state index contributed by atoms with van der Waals surface area (Å²) in [5, 5.41) is 12.3. The molecule has 2 aromatic carbocycles. The number of hydrogen-bond acceptors (Lipinski definition) is 5. The van der Waals surface area contributed by atoms with Crippen molar-refractivity contribution in [2.75, 3.05) is 17.4 Å². The Hall–Kier alpha value is -2.13. The molecule has 1 saturated heterocycles. The SMILES string of the molecule is O=C(NO)c1ccc(N(C2CCNC2)S(=O)(=O)c2ccc(Cl)cc2)cc1. The van der Waals surface area contributed by atoms with Gasteiger partial charge < -0.3 is 5.32 Å². The van der Waals surface area contributed by atoms with Gasteiger partial charge in [-0.2, -0.15) is 0 Å². The number of halogens is 1. The first-order valence-corrected chi connectivity index (χ1v) is 9.80. The number of carbonyl (C=O) groups excluding carboxylic acids is 1. The van der Waals surface area contributed by atoms with Gasteiger partial charge in [-0.25, -0.2) is 13.9 Å². The number of hydroxylamine groups is 1. The largest absolute Gasteiger partial charge is 0.315 e. The van der Waals surface area contributed by atoms with Crippen LogP contribution in [0.25, 0.3) is 0 Å². The average Bonchev–Trinajstić information content (AvgIpc) is 3.16. The summed E-state index contributed by atoms with van der Waals surface area (Å²) in [7, 11) is -3.81. The zero-order chi connectivity index (χ0) is 18.7. The molecule has 3 rings (SSSR count). The third kappa shape index (κ3) is 3.68. The van der Waals surface area contributed by atoms with Gasteiger partial charge >= 0.3 is 0 Å². The Morgan fingerprint density at radius 2 is 1.81 bits per heavy atom. The van der Waals surface area contributed by atoms with Crippen molar-refractivity contribution in [3.63, 3.8) is 0 Å². The number of nitrogens with zero attached hydrogens (tertiary/aromatic N) is 1. The van der Waals surface area contributed by atoms with E-state index in [0.29, 0.717) is 23.7 Å². The van der Waals surface area contributed by atoms with Crippen LogP contribution in [0.2, 0.25) is 5.02 Å². The van der Waals surface area contributed by atoms with E-state index in [1.807, 2.05) is 0 Å². The smallest absolute Gasteiger partial charge is 0.274 e. The van der Waals surface area contributed by atoms with Crippen LogP contribution in [0.3, 0.4) is 0 Å². The summed E-state index contributed by atoms with van der Waals surface area (Å²) in [6, 6.07) is 11.8. The Labute approximate surface area is 156 Å². The van der Waals surface area contributed by atoms with Gasteiger partial charge in [0, 0.05) is 17.1 Å². The van der Waals surface area contributed by atoms with Crippen molar-refractivity contribution in [1.82, 2.24) is 10.8 Å². The van der Waals surface area contributed by atoms with E-state index in [1.165, 1.54) is 40.7 Å². The number of carbonyl (C=O) groups is 1. The van der Waals surface area contributed by atoms with Gasteiger partial charge in [0.1, 0.15) is 0 Å². The molecule has 1 aliphatic heterocycles. The van der Waals surface area contributed by atoms with Gasteiger partial charge in [0.2, 0.25) is 0 Å². The Morgan fingerprint density at radius 3 is 2.35 bits per heavy atom. The maximum Gasteiger partial charge on any atom is 0.274 e. The Morgan fingerprint density at radius 1 is 1.15 bits per heavy atom. The highest BCUT2D eigenvalue weighted by Crippen LogP contribution is 2.29. The van der Waals surface area contributed by atoms with Crippen LogP contribution in [0.4, 0.5) is 5.69 Å². The second kappa shape index (κ2) is 7.63. The molecule has 1 unspecified atom stereocenters. The third-order valence-corrected chi connectivity index (χ3v) is 6.37. The third-order valence-electron chi connectivity index (χ3n) is 4.22. The van der Waals surface area contributed by atoms with Crippen LogP contribution >= 0.6 is 11.6 Å². The minimum absolute atomic E-state index is 0.144. The van der Waals surface area contributed by atoms with Gasteiger partial charge in [-0.3, -0.25) is 14.3 Å². The highest BCUT2D eigenvalue weighted by Gasteiger charge is 2.33. The number of nitrogens with one attached hydrogen (secondary N) is 2. The summed E-state index contributed by atoms with van der Waals surface area (Å²) >= 11 is 5.87. The molecule has 1 aliphatic rings. The molecule has 0 spiro atoms. The summed E-state index contributed by atoms with van der Waals surface area (Å²) in [4.78, 5) is 11.6. The Balaban J connectivity index is 2.02. The standard InChI is InChI=1S/C17H18ClN3O4S/c18-13-3-7-16(8-4-13)26(24,25)21(15-9-10-19-11-15)14-5-1-12(2-6-14)17(22)20-23/h1-8,15,19,23H,9-11H2,(H,20,22). The number of benzene rings is 2. The highest BCUT2D eigenvalue weighted by atomic mass is 35.5. The predicted molar refractivity (Wildman–Crippen MR) is 98.1 cm³/mol. The minimum atomic E-state index is -3.81. The first-order chi connectivity index (χ1) is 12.4. The minimum Gasteiger partial charge on any atom is -0.315 e. The normalized spacial score (nSPS) is 17.1. The molecular formula is C17H18ClN3O4S. The van der Waals surface area contributed by atoms with Crippen LogP contribution in [0.15, 0.2) is 53.4 Å². The van der Waals surface area contributed by atoms with Gasteiger partial charge in [0.25, 0.3) is 15.9 Å². The molecule has 1 atom stereocenters. The number of sulfonamides is 1. The number of hydrogen-bond donors (Lipinski definition) is 3. The van der Waals surface area contributed by atoms with Crippen molar-refractivity contribution in [3.8, 4) is 0 Å². The van der Waals surface area contributed by atoms with Crippen LogP contribution in [-0.4, -0.2) is 38.7 Å². The molecule has 1 heterocycles. The number of amides is 1. The lowest BCUT2D eigenvalue weighted by molar-refractivity contribution is 0.0706. The second-order valence-electron chi connectivity index (χ2n) is 5.89. The van der Waals surface area contributed by atoms with Crippen LogP contribution in [0.5, 0.6) is 0 Å². The summed E-state index contributed by atoms with van der Waals surface area (Å²) in [5.74, 6) is -0.661. The molecule has 2 aromatic rings. The van der Waals surface area contributed by atoms with E-state index in [1.54, 1.807) is 17.6 Å². The lowest BCUT2D eigenvalue weighted by Crippen LogP contribution is -2.41. The van der Waals surface area contributed by atoms with Gasteiger partial charge in [0.15, 0.2) is 0 Å². The second-order valence-corrected chi connectivity index (χ2v) is 8.14. The van der Waals surface area contributed by atoms with Gasteiger partial charge in [-0.1, -0.05) is 11.6 Å². The zero-order valence-corrected chi connectivity index (χ0v) is 15.3. The van der Waals surface area contributed by atoms with Crippen molar-refractivity contribution in [3.05, 3.63) is 59.1 Å². The molecule has 1 amide bonds. The first-order valence-electron chi connectivity index (χ1n) is 7.98. The van der Waals surface area contributed by atoms with E-state index in [2.05, 4.69) is 5.32 Å². The summed E-state index contributed by atoms with van der Waals surface area (Å²) < 4.78 is 27.9. The monoisotopic (exact) mass is 395 g/mol. The summed E-state index contributed by atoms with van der Waals surface area (Å²) in [6.07, 6.45) is 0.672. The Bertz CT molecular complexity index is 879. The van der Waals surface area contributed by atoms with E-state index in [-0.39, 0.29) is 16.5 Å². The molecule has 26 heavy (non-hydrogen) atoms. The van der Waals surface area contributed by atoms with E-state index in [4.69, 9.17) is 16.8 Å². The molecule has 1 fully saturated rings. The van der Waals surface area contributed by atoms with Crippen LogP contribution in [-0.2, 0) is 10.0 Å². The van der Waals surface area contributed by atoms with Gasteiger partial charge in [0.05, 0.1) is 16.6 Å². The molecule has 0 aromatic heterocycles. The van der Waals surface area contributed by atoms with Crippen molar-refractivity contribution >= 4 is 33.2 Å². The fraction of sp³-hybridized carbons (Fsp3) is 0.235. The molecular weight excluding hydrogens is 378 g/mol. The molecule has 3 N–H and O–H groups in total. The van der Waals surface area contributed by atoms with Crippen molar-refractivity contribution in [1.29, 1.82) is 0 Å². The Kier molecular flexibility index (Phi) is 5.47. The van der Waals surface area contributed by atoms with E-state index in [0.717, 1.165) is 6.54 Å². The maximum absolute atomic E-state index is 13.2. The van der Waals surface area contributed by atoms with Gasteiger partial charge in [-0.15, -0.1) is 0 Å². The molecule has 0 aliphatic carbocycles. The first kappa shape index (κ1) is 18.7. The summed E-state index contributed by atoms with van der Waals surface area (Å²) in [5.41, 5.74) is 2.23. The highest BCUT2D eigenvalue weighted by molar-refractivity contribution is 7.92. The average molecular weight is 396 g/mol. The quantitative estimate of drug-likeness (QED) is 0.531. The van der Waals surface area contributed by atoms with Crippen molar-refractivity contribution < 1.29 is 18.4 Å². The van der Waals surface area contributed by atoms with Crippen LogP contribution in [0.1, 0.15) is 16.8 Å². The molecule has 9 heteroatoms. The molecule has 0 bridgehead atoms. The lowest BCUT2D eigenvalue weighted by atomic mass is 10.1. The zero-order valence-electron chi connectivity index (χ0n) is 13.7. The van der Waals surface area contributed by atoms with Gasteiger partial charge in [-0.05, 0) is 61.5 Å². The van der Waals surface area contributed by atoms with E-state index < -0.39 is 15.9 Å². The topological polar surface area (TPSA) is 98.7 Å². The summed E-state index contributed by atoms with van der Waals surface area (Å²) in [6.45, 7) is 1.26. The van der Waals surface area contributed by atoms with E-state index in [9.17, 15) is 13.2 Å². The molecule has 0 radical (unpaired) electrons. The van der Waals surface area contributed by atoms with Crippen molar-refractivity contribution in [2.45, 2.75) is 17.4 Å². The lowest BCUT2D eigenvalue weighted by Gasteiger charge is -2.30. The molecule has 7 nitrogen and oxygen atoms in total. The molecule has 138 valence electrons. The fourth-order valence-corrected chi connectivity index (χ4v) is 4.73. The molecule has 0 saturated carbocycles. The van der Waals surface area contributed by atoms with Crippen LogP contribution in [0, 0.1) is 0 Å². The maximum atomic E-state index is 13.2. The number of anilines is 1. The van der Waals surface area contributed by atoms with Crippen molar-refractivity contribution in [2.24, 2.45) is 0 Å². The fourth-order valence-electron chi connectivity index (χ4n) is 2.93. The van der Waals surface area contributed by atoms with E-state index >= 15 is 0 Å². The predicted octanol–water partition coefficient (Wildman–Crippen LogP) is 2.02. The number of rotatable bonds is 5.